The SMILES string of the molecule is CC(=O)C1=C(C)OC(C)(C)C(C)C1. The van der Waals surface area contributed by atoms with E-state index < -0.39 is 0 Å². The van der Waals surface area contributed by atoms with Gasteiger partial charge in [0.15, 0.2) is 5.78 Å². The van der Waals surface area contributed by atoms with Crippen LogP contribution in [0.5, 0.6) is 0 Å². The van der Waals surface area contributed by atoms with Gasteiger partial charge in [-0.15, -0.1) is 0 Å². The predicted octanol–water partition coefficient (Wildman–Crippen LogP) is 2.68. The summed E-state index contributed by atoms with van der Waals surface area (Å²) in [5, 5.41) is 0. The third-order valence-corrected chi connectivity index (χ3v) is 2.96. The van der Waals surface area contributed by atoms with Crippen molar-refractivity contribution in [2.24, 2.45) is 5.92 Å². The van der Waals surface area contributed by atoms with Crippen LogP contribution < -0.4 is 0 Å². The number of carbonyl (C=O) groups excluding carboxylic acids is 1. The van der Waals surface area contributed by atoms with Crippen LogP contribution in [0.2, 0.25) is 0 Å². The van der Waals surface area contributed by atoms with Gasteiger partial charge in [-0.1, -0.05) is 6.92 Å². The highest BCUT2D eigenvalue weighted by atomic mass is 16.5. The Bertz CT molecular complexity index is 261. The van der Waals surface area contributed by atoms with E-state index in [2.05, 4.69) is 20.8 Å². The molecule has 1 unspecified atom stereocenters. The maximum atomic E-state index is 11.2. The maximum Gasteiger partial charge on any atom is 0.159 e. The van der Waals surface area contributed by atoms with E-state index in [0.717, 1.165) is 17.8 Å². The molecule has 13 heavy (non-hydrogen) atoms. The average Bonchev–Trinajstić information content (AvgIpc) is 1.95. The molecular weight excluding hydrogens is 164 g/mol. The minimum absolute atomic E-state index is 0.136. The van der Waals surface area contributed by atoms with Crippen molar-refractivity contribution in [2.75, 3.05) is 0 Å². The van der Waals surface area contributed by atoms with E-state index in [9.17, 15) is 4.79 Å². The Hall–Kier alpha value is -0.790. The molecule has 0 aromatic carbocycles. The molecule has 0 saturated heterocycles. The average molecular weight is 182 g/mol. The molecule has 0 fully saturated rings. The van der Waals surface area contributed by atoms with Gasteiger partial charge in [0, 0.05) is 5.57 Å². The number of Topliss-reactive ketones (excluding diaryl/α,β-unsaturated/α-hetero) is 1. The molecule has 2 heteroatoms. The summed E-state index contributed by atoms with van der Waals surface area (Å²) in [5.74, 6) is 1.34. The van der Waals surface area contributed by atoms with E-state index in [1.54, 1.807) is 6.92 Å². The Morgan fingerprint density at radius 2 is 2.08 bits per heavy atom. The van der Waals surface area contributed by atoms with E-state index in [4.69, 9.17) is 4.74 Å². The molecule has 2 nitrogen and oxygen atoms in total. The fraction of sp³-hybridized carbons (Fsp3) is 0.727. The van der Waals surface area contributed by atoms with Gasteiger partial charge in [-0.3, -0.25) is 4.79 Å². The molecule has 0 bridgehead atoms. The highest BCUT2D eigenvalue weighted by Gasteiger charge is 2.34. The van der Waals surface area contributed by atoms with Crippen LogP contribution in [0.4, 0.5) is 0 Å². The molecule has 0 spiro atoms. The van der Waals surface area contributed by atoms with Crippen molar-refractivity contribution in [3.05, 3.63) is 11.3 Å². The lowest BCUT2D eigenvalue weighted by Gasteiger charge is -2.38. The second-order valence-electron chi connectivity index (χ2n) is 4.40. The van der Waals surface area contributed by atoms with E-state index in [-0.39, 0.29) is 11.4 Å². The molecule has 0 amide bonds. The summed E-state index contributed by atoms with van der Waals surface area (Å²) in [6, 6.07) is 0. The largest absolute Gasteiger partial charge is 0.492 e. The molecule has 1 aliphatic rings. The number of allylic oxidation sites excluding steroid dienone is 2. The quantitative estimate of drug-likeness (QED) is 0.623. The zero-order valence-electron chi connectivity index (χ0n) is 9.10. The van der Waals surface area contributed by atoms with Gasteiger partial charge in [0.2, 0.25) is 0 Å². The summed E-state index contributed by atoms with van der Waals surface area (Å²) >= 11 is 0. The van der Waals surface area contributed by atoms with Crippen LogP contribution in [0.1, 0.15) is 41.0 Å². The van der Waals surface area contributed by atoms with Crippen LogP contribution in [0, 0.1) is 5.92 Å². The maximum absolute atomic E-state index is 11.2. The first kappa shape index (κ1) is 10.3. The normalized spacial score (nSPS) is 27.0. The minimum atomic E-state index is -0.136. The first-order chi connectivity index (χ1) is 5.84. The lowest BCUT2D eigenvalue weighted by molar-refractivity contribution is -0.115. The van der Waals surface area contributed by atoms with E-state index in [1.807, 2.05) is 6.92 Å². The molecule has 1 heterocycles. The molecule has 74 valence electrons. The van der Waals surface area contributed by atoms with Gasteiger partial charge in [-0.05, 0) is 40.0 Å². The van der Waals surface area contributed by atoms with Gasteiger partial charge >= 0.3 is 0 Å². The van der Waals surface area contributed by atoms with E-state index in [0.29, 0.717) is 5.92 Å². The molecule has 0 aliphatic carbocycles. The Kier molecular flexibility index (Phi) is 2.51. The van der Waals surface area contributed by atoms with Gasteiger partial charge in [0.05, 0.1) is 0 Å². The van der Waals surface area contributed by atoms with Crippen LogP contribution in [-0.2, 0) is 9.53 Å². The summed E-state index contributed by atoms with van der Waals surface area (Å²) in [7, 11) is 0. The fourth-order valence-electron chi connectivity index (χ4n) is 1.64. The molecule has 0 N–H and O–H groups in total. The standard InChI is InChI=1S/C11H18O2/c1-7-6-10(8(2)12)9(3)13-11(7,4)5/h7H,6H2,1-5H3. The molecule has 0 aromatic heterocycles. The van der Waals surface area contributed by atoms with Crippen LogP contribution in [0.3, 0.4) is 0 Å². The van der Waals surface area contributed by atoms with Gasteiger partial charge in [-0.2, -0.15) is 0 Å². The van der Waals surface area contributed by atoms with E-state index in [1.165, 1.54) is 0 Å². The first-order valence-electron chi connectivity index (χ1n) is 4.74. The minimum Gasteiger partial charge on any atom is -0.492 e. The Morgan fingerprint density at radius 3 is 2.54 bits per heavy atom. The Morgan fingerprint density at radius 1 is 1.54 bits per heavy atom. The van der Waals surface area contributed by atoms with Crippen LogP contribution in [0.25, 0.3) is 0 Å². The topological polar surface area (TPSA) is 26.3 Å². The van der Waals surface area contributed by atoms with Crippen molar-refractivity contribution >= 4 is 5.78 Å². The fourth-order valence-corrected chi connectivity index (χ4v) is 1.64. The van der Waals surface area contributed by atoms with Crippen LogP contribution in [-0.4, -0.2) is 11.4 Å². The van der Waals surface area contributed by atoms with Crippen molar-refractivity contribution in [1.29, 1.82) is 0 Å². The van der Waals surface area contributed by atoms with Crippen LogP contribution in [0.15, 0.2) is 11.3 Å². The van der Waals surface area contributed by atoms with Crippen LogP contribution >= 0.6 is 0 Å². The zero-order chi connectivity index (χ0) is 10.2. The second-order valence-corrected chi connectivity index (χ2v) is 4.40. The number of ether oxygens (including phenoxy) is 1. The molecule has 0 saturated carbocycles. The molecule has 1 rings (SSSR count). The van der Waals surface area contributed by atoms with Crippen molar-refractivity contribution < 1.29 is 9.53 Å². The van der Waals surface area contributed by atoms with Gasteiger partial charge in [-0.25, -0.2) is 0 Å². The molecule has 1 atom stereocenters. The molecule has 1 aliphatic heterocycles. The van der Waals surface area contributed by atoms with Gasteiger partial charge in [0.1, 0.15) is 11.4 Å². The molecular formula is C11H18O2. The van der Waals surface area contributed by atoms with Gasteiger partial charge < -0.3 is 4.74 Å². The van der Waals surface area contributed by atoms with Gasteiger partial charge in [0.25, 0.3) is 0 Å². The lowest BCUT2D eigenvalue weighted by atomic mass is 9.83. The third-order valence-electron chi connectivity index (χ3n) is 2.96. The highest BCUT2D eigenvalue weighted by molar-refractivity contribution is 5.93. The first-order valence-corrected chi connectivity index (χ1v) is 4.74. The van der Waals surface area contributed by atoms with E-state index >= 15 is 0 Å². The Labute approximate surface area is 80.0 Å². The summed E-state index contributed by atoms with van der Waals surface area (Å²) in [4.78, 5) is 11.2. The third kappa shape index (κ3) is 1.93. The number of hydrogen-bond donors (Lipinski definition) is 0. The summed E-state index contributed by atoms with van der Waals surface area (Å²) in [5.41, 5.74) is 0.718. The zero-order valence-corrected chi connectivity index (χ0v) is 9.10. The molecule has 0 aromatic rings. The lowest BCUT2D eigenvalue weighted by Crippen LogP contribution is -2.37. The monoisotopic (exact) mass is 182 g/mol. The Balaban J connectivity index is 2.96. The number of ketones is 1. The predicted molar refractivity (Wildman–Crippen MR) is 52.3 cm³/mol. The number of carbonyl (C=O) groups is 1. The smallest absolute Gasteiger partial charge is 0.159 e. The van der Waals surface area contributed by atoms with Crippen molar-refractivity contribution in [3.8, 4) is 0 Å². The number of hydrogen-bond acceptors (Lipinski definition) is 2. The number of rotatable bonds is 1. The summed E-state index contributed by atoms with van der Waals surface area (Å²) in [6.07, 6.45) is 0.841. The van der Waals surface area contributed by atoms with Crippen molar-refractivity contribution in [1.82, 2.24) is 0 Å². The summed E-state index contributed by atoms with van der Waals surface area (Å²) in [6.45, 7) is 9.74. The second kappa shape index (κ2) is 3.17. The molecule has 0 radical (unpaired) electrons. The highest BCUT2D eigenvalue weighted by Crippen LogP contribution is 2.35. The summed E-state index contributed by atoms with van der Waals surface area (Å²) < 4.78 is 5.72. The van der Waals surface area contributed by atoms with Crippen molar-refractivity contribution in [2.45, 2.75) is 46.6 Å². The van der Waals surface area contributed by atoms with Crippen molar-refractivity contribution in [3.63, 3.8) is 0 Å².